The minimum atomic E-state index is -0.774. The van der Waals surface area contributed by atoms with Crippen molar-refractivity contribution in [1.29, 1.82) is 0 Å². The summed E-state index contributed by atoms with van der Waals surface area (Å²) in [7, 11) is 0. The average molecular weight is 366 g/mol. The Hall–Kier alpha value is -2.42. The molecule has 2 heterocycles. The molecule has 1 aliphatic heterocycles. The van der Waals surface area contributed by atoms with Crippen LogP contribution in [0.2, 0.25) is 0 Å². The topological polar surface area (TPSA) is 127 Å². The van der Waals surface area contributed by atoms with E-state index in [1.807, 2.05) is 11.8 Å². The quantitative estimate of drug-likeness (QED) is 0.513. The Morgan fingerprint density at radius 2 is 2.04 bits per heavy atom. The van der Waals surface area contributed by atoms with Gasteiger partial charge in [-0.1, -0.05) is 6.92 Å². The van der Waals surface area contributed by atoms with Gasteiger partial charge < -0.3 is 10.5 Å². The van der Waals surface area contributed by atoms with Gasteiger partial charge in [0.2, 0.25) is 0 Å². The lowest BCUT2D eigenvalue weighted by Gasteiger charge is -2.30. The van der Waals surface area contributed by atoms with Gasteiger partial charge >= 0.3 is 11.7 Å². The number of H-pyrrole nitrogens is 1. The Balaban J connectivity index is 2.17. The maximum Gasteiger partial charge on any atom is 0.329 e. The number of rotatable bonds is 7. The summed E-state index contributed by atoms with van der Waals surface area (Å²) >= 11 is 0. The van der Waals surface area contributed by atoms with Crippen LogP contribution < -0.4 is 17.0 Å². The highest BCUT2D eigenvalue weighted by Crippen LogP contribution is 2.18. The fourth-order valence-electron chi connectivity index (χ4n) is 3.24. The monoisotopic (exact) mass is 366 g/mol. The number of anilines is 1. The SMILES string of the molecule is CCCn1c(N)c(C(=O)CN2CCC[C@@H](C(=O)OCC)C2)c(=O)[nH]c1=O. The van der Waals surface area contributed by atoms with E-state index in [1.54, 1.807) is 6.92 Å². The molecule has 0 aliphatic carbocycles. The van der Waals surface area contributed by atoms with Gasteiger partial charge in [-0.3, -0.25) is 28.8 Å². The van der Waals surface area contributed by atoms with Gasteiger partial charge in [-0.15, -0.1) is 0 Å². The molecule has 1 atom stereocenters. The van der Waals surface area contributed by atoms with Crippen molar-refractivity contribution >= 4 is 17.6 Å². The van der Waals surface area contributed by atoms with Gasteiger partial charge in [-0.05, 0) is 32.7 Å². The van der Waals surface area contributed by atoms with Crippen molar-refractivity contribution in [3.05, 3.63) is 26.4 Å². The lowest BCUT2D eigenvalue weighted by Crippen LogP contribution is -2.44. The van der Waals surface area contributed by atoms with Crippen LogP contribution in [0.4, 0.5) is 5.82 Å². The summed E-state index contributed by atoms with van der Waals surface area (Å²) in [4.78, 5) is 52.5. The van der Waals surface area contributed by atoms with Crippen LogP contribution in [0, 0.1) is 5.92 Å². The molecular weight excluding hydrogens is 340 g/mol. The molecule has 2 rings (SSSR count). The second-order valence-electron chi connectivity index (χ2n) is 6.42. The number of aromatic nitrogens is 2. The van der Waals surface area contributed by atoms with Crippen LogP contribution in [-0.2, 0) is 16.1 Å². The van der Waals surface area contributed by atoms with Gasteiger partial charge in [0, 0.05) is 13.1 Å². The third-order valence-electron chi connectivity index (χ3n) is 4.46. The number of nitrogens with one attached hydrogen (secondary N) is 1. The molecule has 0 spiro atoms. The van der Waals surface area contributed by atoms with Crippen molar-refractivity contribution in [2.75, 3.05) is 32.0 Å². The number of nitrogen functional groups attached to an aromatic ring is 1. The molecule has 26 heavy (non-hydrogen) atoms. The van der Waals surface area contributed by atoms with Gasteiger partial charge in [-0.2, -0.15) is 0 Å². The molecule has 0 radical (unpaired) electrons. The number of piperidine rings is 1. The zero-order chi connectivity index (χ0) is 19.3. The fraction of sp³-hybridized carbons (Fsp3) is 0.647. The third-order valence-corrected chi connectivity index (χ3v) is 4.46. The molecule has 9 nitrogen and oxygen atoms in total. The molecule has 9 heteroatoms. The predicted molar refractivity (Wildman–Crippen MR) is 96.2 cm³/mol. The molecule has 1 saturated heterocycles. The Morgan fingerprint density at radius 1 is 1.31 bits per heavy atom. The van der Waals surface area contributed by atoms with E-state index in [9.17, 15) is 19.2 Å². The van der Waals surface area contributed by atoms with E-state index in [2.05, 4.69) is 4.98 Å². The second kappa shape index (κ2) is 8.79. The first-order valence-electron chi connectivity index (χ1n) is 8.93. The number of aromatic amines is 1. The van der Waals surface area contributed by atoms with Crippen molar-refractivity contribution < 1.29 is 14.3 Å². The minimum absolute atomic E-state index is 0.0342. The molecule has 0 saturated carbocycles. The van der Waals surface area contributed by atoms with Gasteiger partial charge in [-0.25, -0.2) is 4.79 Å². The number of carbonyl (C=O) groups excluding carboxylic acids is 2. The van der Waals surface area contributed by atoms with Crippen molar-refractivity contribution in [3.63, 3.8) is 0 Å². The predicted octanol–water partition coefficient (Wildman–Crippen LogP) is -0.0134. The molecule has 144 valence electrons. The van der Waals surface area contributed by atoms with Crippen LogP contribution in [-0.4, -0.2) is 52.4 Å². The Kier molecular flexibility index (Phi) is 6.73. The van der Waals surface area contributed by atoms with E-state index in [4.69, 9.17) is 10.5 Å². The first kappa shape index (κ1) is 19.9. The van der Waals surface area contributed by atoms with Gasteiger partial charge in [0.15, 0.2) is 5.78 Å². The van der Waals surface area contributed by atoms with Crippen molar-refractivity contribution in [2.24, 2.45) is 5.92 Å². The summed E-state index contributed by atoms with van der Waals surface area (Å²) in [5, 5.41) is 0. The van der Waals surface area contributed by atoms with Gasteiger partial charge in [0.25, 0.3) is 5.56 Å². The molecule has 1 aliphatic rings. The summed E-state index contributed by atoms with van der Waals surface area (Å²) in [6, 6.07) is 0. The van der Waals surface area contributed by atoms with Crippen molar-refractivity contribution in [3.8, 4) is 0 Å². The summed E-state index contributed by atoms with van der Waals surface area (Å²) in [5.41, 5.74) is 4.33. The molecule has 0 bridgehead atoms. The maximum absolute atomic E-state index is 12.7. The highest BCUT2D eigenvalue weighted by Gasteiger charge is 2.29. The smallest absolute Gasteiger partial charge is 0.329 e. The summed E-state index contributed by atoms with van der Waals surface area (Å²) < 4.78 is 6.25. The first-order valence-corrected chi connectivity index (χ1v) is 8.93. The van der Waals surface area contributed by atoms with Crippen LogP contribution in [0.1, 0.15) is 43.5 Å². The second-order valence-corrected chi connectivity index (χ2v) is 6.42. The van der Waals surface area contributed by atoms with E-state index < -0.39 is 17.0 Å². The van der Waals surface area contributed by atoms with Crippen LogP contribution in [0.25, 0.3) is 0 Å². The Labute approximate surface area is 151 Å². The van der Waals surface area contributed by atoms with E-state index in [0.717, 1.165) is 6.42 Å². The number of ketones is 1. The van der Waals surface area contributed by atoms with E-state index in [0.29, 0.717) is 39.1 Å². The van der Waals surface area contributed by atoms with Crippen LogP contribution in [0.3, 0.4) is 0 Å². The number of nitrogens with zero attached hydrogens (tertiary/aromatic N) is 2. The molecular formula is C17H26N4O5. The zero-order valence-electron chi connectivity index (χ0n) is 15.2. The first-order chi connectivity index (χ1) is 12.4. The number of ether oxygens (including phenoxy) is 1. The Morgan fingerprint density at radius 3 is 2.69 bits per heavy atom. The van der Waals surface area contributed by atoms with Crippen LogP contribution in [0.5, 0.6) is 0 Å². The number of carbonyl (C=O) groups is 2. The van der Waals surface area contributed by atoms with Crippen LogP contribution in [0.15, 0.2) is 9.59 Å². The van der Waals surface area contributed by atoms with Gasteiger partial charge in [0.1, 0.15) is 11.4 Å². The lowest BCUT2D eigenvalue weighted by molar-refractivity contribution is -0.149. The van der Waals surface area contributed by atoms with Crippen molar-refractivity contribution in [2.45, 2.75) is 39.7 Å². The van der Waals surface area contributed by atoms with Crippen LogP contribution >= 0.6 is 0 Å². The number of nitrogens with two attached hydrogens (primary N) is 1. The molecule has 3 N–H and O–H groups in total. The summed E-state index contributed by atoms with van der Waals surface area (Å²) in [6.07, 6.45) is 2.11. The van der Waals surface area contributed by atoms with Crippen molar-refractivity contribution in [1.82, 2.24) is 14.5 Å². The molecule has 1 fully saturated rings. The number of hydrogen-bond acceptors (Lipinski definition) is 7. The van der Waals surface area contributed by atoms with E-state index in [1.165, 1.54) is 4.57 Å². The lowest BCUT2D eigenvalue weighted by atomic mass is 9.97. The minimum Gasteiger partial charge on any atom is -0.466 e. The number of hydrogen-bond donors (Lipinski definition) is 2. The largest absolute Gasteiger partial charge is 0.466 e. The standard InChI is InChI=1S/C17H26N4O5/c1-3-7-21-14(18)13(15(23)19-17(21)25)12(22)10-20-8-5-6-11(9-20)16(24)26-4-2/h11H,3-10,18H2,1-2H3,(H,19,23,25)/t11-/m1/s1. The van der Waals surface area contributed by atoms with E-state index >= 15 is 0 Å². The van der Waals surface area contributed by atoms with E-state index in [-0.39, 0.29) is 29.8 Å². The Bertz CT molecular complexity index is 782. The maximum atomic E-state index is 12.7. The highest BCUT2D eigenvalue weighted by atomic mass is 16.5. The highest BCUT2D eigenvalue weighted by molar-refractivity contribution is 6.01. The molecule has 0 unspecified atom stereocenters. The average Bonchev–Trinajstić information content (AvgIpc) is 2.59. The third kappa shape index (κ3) is 4.40. The van der Waals surface area contributed by atoms with Gasteiger partial charge in [0.05, 0.1) is 19.1 Å². The number of esters is 1. The fourth-order valence-corrected chi connectivity index (χ4v) is 3.24. The summed E-state index contributed by atoms with van der Waals surface area (Å²) in [5.74, 6) is -1.11. The number of Topliss-reactive ketones (excluding diaryl/α,β-unsaturated/α-hetero) is 1. The molecule has 0 amide bonds. The normalized spacial score (nSPS) is 17.8. The molecule has 0 aromatic carbocycles. The summed E-state index contributed by atoms with van der Waals surface area (Å²) in [6.45, 7) is 5.26. The zero-order valence-corrected chi connectivity index (χ0v) is 15.2. The molecule has 1 aromatic rings. The number of likely N-dealkylation sites (tertiary alicyclic amines) is 1. The molecule has 1 aromatic heterocycles.